The van der Waals surface area contributed by atoms with Gasteiger partial charge < -0.3 is 14.7 Å². The first-order chi connectivity index (χ1) is 22.6. The van der Waals surface area contributed by atoms with Crippen LogP contribution in [0.5, 0.6) is 0 Å². The van der Waals surface area contributed by atoms with Gasteiger partial charge in [0.15, 0.2) is 0 Å². The molecule has 3 aromatic rings. The van der Waals surface area contributed by atoms with E-state index < -0.39 is 0 Å². The summed E-state index contributed by atoms with van der Waals surface area (Å²) in [4.78, 5) is 33.2. The molecule has 2 amide bonds. The summed E-state index contributed by atoms with van der Waals surface area (Å²) in [6.07, 6.45) is 9.53. The van der Waals surface area contributed by atoms with Gasteiger partial charge in [0.1, 0.15) is 0 Å². The molecule has 0 saturated carbocycles. The van der Waals surface area contributed by atoms with Gasteiger partial charge >= 0.3 is 0 Å². The minimum absolute atomic E-state index is 0.0292. The summed E-state index contributed by atoms with van der Waals surface area (Å²) in [5, 5.41) is 10.3. The molecule has 250 valence electrons. The maximum atomic E-state index is 13.5. The van der Waals surface area contributed by atoms with Crippen LogP contribution in [0.3, 0.4) is 0 Å². The lowest BCUT2D eigenvalue weighted by Gasteiger charge is -2.43. The van der Waals surface area contributed by atoms with Crippen LogP contribution in [0.15, 0.2) is 54.2 Å². The number of hydrogen-bond acceptors (Lipinski definition) is 5. The Labute approximate surface area is 288 Å². The molecule has 0 bridgehead atoms. The second kappa shape index (κ2) is 14.5. The molecule has 2 aromatic carbocycles. The van der Waals surface area contributed by atoms with Gasteiger partial charge in [0.05, 0.1) is 11.7 Å². The minimum Gasteiger partial charge on any atom is -0.338 e. The van der Waals surface area contributed by atoms with Crippen molar-refractivity contribution < 1.29 is 9.59 Å². The predicted molar refractivity (Wildman–Crippen MR) is 188 cm³/mol. The molecule has 1 aromatic heterocycles. The minimum atomic E-state index is -0.0428. The molecular formula is C37H46Cl2N6O2. The molecule has 3 saturated heterocycles. The van der Waals surface area contributed by atoms with Crippen molar-refractivity contribution in [3.8, 4) is 0 Å². The number of carbonyl (C=O) groups is 2. The highest BCUT2D eigenvalue weighted by molar-refractivity contribution is 6.34. The summed E-state index contributed by atoms with van der Waals surface area (Å²) < 4.78 is 2.00. The summed E-state index contributed by atoms with van der Waals surface area (Å²) in [7, 11) is 0. The number of aromatic nitrogens is 3. The molecule has 10 heteroatoms. The number of carbonyl (C=O) groups excluding carboxylic acids is 2. The zero-order valence-electron chi connectivity index (χ0n) is 27.8. The van der Waals surface area contributed by atoms with E-state index in [2.05, 4.69) is 48.3 Å². The average molecular weight is 678 g/mol. The Balaban J connectivity index is 0.987. The van der Waals surface area contributed by atoms with E-state index in [1.165, 1.54) is 12.0 Å². The first kappa shape index (κ1) is 33.7. The van der Waals surface area contributed by atoms with E-state index in [1.54, 1.807) is 24.3 Å². The highest BCUT2D eigenvalue weighted by atomic mass is 35.5. The lowest BCUT2D eigenvalue weighted by molar-refractivity contribution is 0.0655. The number of halogens is 2. The monoisotopic (exact) mass is 676 g/mol. The summed E-state index contributed by atoms with van der Waals surface area (Å²) in [5.41, 5.74) is 4.63. The fourth-order valence-electron chi connectivity index (χ4n) is 7.12. The number of rotatable bonds is 7. The van der Waals surface area contributed by atoms with Crippen molar-refractivity contribution in [3.63, 3.8) is 0 Å². The highest BCUT2D eigenvalue weighted by Crippen LogP contribution is 2.34. The van der Waals surface area contributed by atoms with E-state index in [9.17, 15) is 9.59 Å². The Bertz CT molecular complexity index is 1620. The van der Waals surface area contributed by atoms with Gasteiger partial charge in [0.2, 0.25) is 0 Å². The Morgan fingerprint density at radius 2 is 1.60 bits per heavy atom. The van der Waals surface area contributed by atoms with E-state index in [-0.39, 0.29) is 17.9 Å². The van der Waals surface area contributed by atoms with Crippen molar-refractivity contribution in [2.45, 2.75) is 65.3 Å². The van der Waals surface area contributed by atoms with Crippen molar-refractivity contribution in [2.75, 3.05) is 45.8 Å². The SMILES string of the molecule is CC1CCN(CCc2cn(C3CCN(C(=O)c4cccc(C(=O)N5CCC(=Cc6cc(Cl)ccc6Cl)CC5)c4)CC3)nn2)CC1(C)C. The Kier molecular flexibility index (Phi) is 10.4. The van der Waals surface area contributed by atoms with Crippen LogP contribution in [0.1, 0.15) is 90.9 Å². The van der Waals surface area contributed by atoms with Gasteiger partial charge in [0.25, 0.3) is 11.8 Å². The van der Waals surface area contributed by atoms with Gasteiger partial charge in [-0.1, -0.05) is 66.9 Å². The molecule has 3 aliphatic heterocycles. The number of nitrogens with zero attached hydrogens (tertiary/aromatic N) is 6. The quantitative estimate of drug-likeness (QED) is 0.263. The van der Waals surface area contributed by atoms with Crippen LogP contribution in [0, 0.1) is 11.3 Å². The van der Waals surface area contributed by atoms with E-state index in [0.717, 1.165) is 68.9 Å². The third kappa shape index (κ3) is 8.10. The van der Waals surface area contributed by atoms with Crippen LogP contribution < -0.4 is 0 Å². The Morgan fingerprint density at radius 3 is 2.28 bits per heavy atom. The number of benzene rings is 2. The van der Waals surface area contributed by atoms with Crippen molar-refractivity contribution in [2.24, 2.45) is 11.3 Å². The summed E-state index contributed by atoms with van der Waals surface area (Å²) in [5.74, 6) is 0.681. The van der Waals surface area contributed by atoms with Gasteiger partial charge in [-0.3, -0.25) is 9.59 Å². The van der Waals surface area contributed by atoms with E-state index >= 15 is 0 Å². The van der Waals surface area contributed by atoms with Crippen LogP contribution >= 0.6 is 23.2 Å². The van der Waals surface area contributed by atoms with Crippen molar-refractivity contribution >= 4 is 41.1 Å². The maximum absolute atomic E-state index is 13.5. The van der Waals surface area contributed by atoms with Crippen LogP contribution in [0.2, 0.25) is 10.0 Å². The molecule has 0 radical (unpaired) electrons. The largest absolute Gasteiger partial charge is 0.338 e. The lowest BCUT2D eigenvalue weighted by Crippen LogP contribution is -2.45. The molecule has 4 heterocycles. The molecular weight excluding hydrogens is 631 g/mol. The lowest BCUT2D eigenvalue weighted by atomic mass is 9.75. The number of hydrogen-bond donors (Lipinski definition) is 0. The fraction of sp³-hybridized carbons (Fsp3) is 0.514. The zero-order chi connectivity index (χ0) is 33.1. The van der Waals surface area contributed by atoms with Crippen LogP contribution in [0.4, 0.5) is 0 Å². The molecule has 0 spiro atoms. The smallest absolute Gasteiger partial charge is 0.253 e. The number of likely N-dealkylation sites (tertiary alicyclic amines) is 3. The van der Waals surface area contributed by atoms with Gasteiger partial charge in [-0.2, -0.15) is 0 Å². The summed E-state index contributed by atoms with van der Waals surface area (Å²) in [6.45, 7) is 12.9. The molecule has 0 aliphatic carbocycles. The topological polar surface area (TPSA) is 74.6 Å². The number of amides is 2. The molecule has 1 unspecified atom stereocenters. The molecule has 6 rings (SSSR count). The van der Waals surface area contributed by atoms with Crippen molar-refractivity contribution in [1.29, 1.82) is 0 Å². The van der Waals surface area contributed by atoms with Crippen LogP contribution in [0.25, 0.3) is 6.08 Å². The van der Waals surface area contributed by atoms with Gasteiger partial charge in [-0.25, -0.2) is 4.68 Å². The zero-order valence-corrected chi connectivity index (χ0v) is 29.3. The van der Waals surface area contributed by atoms with E-state index in [4.69, 9.17) is 23.2 Å². The molecule has 3 aliphatic rings. The van der Waals surface area contributed by atoms with E-state index in [0.29, 0.717) is 52.8 Å². The normalized spacial score (nSPS) is 20.8. The molecule has 8 nitrogen and oxygen atoms in total. The van der Waals surface area contributed by atoms with Crippen LogP contribution in [-0.2, 0) is 6.42 Å². The molecule has 1 atom stereocenters. The van der Waals surface area contributed by atoms with Crippen molar-refractivity contribution in [3.05, 3.63) is 86.7 Å². The first-order valence-corrected chi connectivity index (χ1v) is 17.8. The Morgan fingerprint density at radius 1 is 0.915 bits per heavy atom. The second-order valence-electron chi connectivity index (χ2n) is 14.3. The predicted octanol–water partition coefficient (Wildman–Crippen LogP) is 7.29. The molecule has 47 heavy (non-hydrogen) atoms. The van der Waals surface area contributed by atoms with Gasteiger partial charge in [0, 0.05) is 73.1 Å². The standard InChI is InChI=1S/C37H46Cl2N6O2/c1-26-9-15-42(25-37(26,2)3)16-12-32-24-45(41-40-32)33-13-19-44(20-14-33)36(47)29-6-4-5-28(22-29)35(46)43-17-10-27(11-18-43)21-30-23-31(38)7-8-34(30)39/h4-8,21-24,26,33H,9-20,25H2,1-3H3. The van der Waals surface area contributed by atoms with E-state index in [1.807, 2.05) is 32.7 Å². The molecule has 0 N–H and O–H groups in total. The third-order valence-electron chi connectivity index (χ3n) is 10.6. The third-order valence-corrected chi connectivity index (χ3v) is 11.2. The fourth-order valence-corrected chi connectivity index (χ4v) is 7.47. The average Bonchev–Trinajstić information content (AvgIpc) is 3.56. The first-order valence-electron chi connectivity index (χ1n) is 17.0. The van der Waals surface area contributed by atoms with Gasteiger partial charge in [-0.15, -0.1) is 5.10 Å². The summed E-state index contributed by atoms with van der Waals surface area (Å²) in [6, 6.07) is 12.9. The second-order valence-corrected chi connectivity index (χ2v) is 15.1. The highest BCUT2D eigenvalue weighted by Gasteiger charge is 2.33. The molecule has 3 fully saturated rings. The maximum Gasteiger partial charge on any atom is 0.253 e. The van der Waals surface area contributed by atoms with Gasteiger partial charge in [-0.05, 0) is 91.9 Å². The van der Waals surface area contributed by atoms with Crippen molar-refractivity contribution in [1.82, 2.24) is 29.7 Å². The van der Waals surface area contributed by atoms with Crippen LogP contribution in [-0.4, -0.2) is 87.3 Å². The number of piperidine rings is 3. The summed E-state index contributed by atoms with van der Waals surface area (Å²) >= 11 is 12.5. The Hall–Kier alpha value is -3.20.